The fraction of sp³-hybridized carbons (Fsp3) is 0.474. The zero-order valence-electron chi connectivity index (χ0n) is 15.2. The predicted octanol–water partition coefficient (Wildman–Crippen LogP) is 2.48. The number of nitrogens with one attached hydrogen (secondary N) is 2. The van der Waals surface area contributed by atoms with Crippen LogP contribution >= 0.6 is 0 Å². The minimum atomic E-state index is -0.906. The molecule has 134 valence electrons. The molecule has 0 fully saturated rings. The monoisotopic (exact) mass is 343 g/mol. The number of amides is 1. The van der Waals surface area contributed by atoms with E-state index in [2.05, 4.69) is 15.3 Å². The number of aromatic amines is 1. The first-order valence-corrected chi connectivity index (χ1v) is 8.60. The van der Waals surface area contributed by atoms with Crippen molar-refractivity contribution in [1.82, 2.24) is 15.3 Å². The number of imidazole rings is 1. The molecule has 1 aliphatic rings. The number of hydrogen-bond acceptors (Lipinski definition) is 4. The smallest absolute Gasteiger partial charge is 0.263 e. The molecular weight excluding hydrogens is 318 g/mol. The average Bonchev–Trinajstić information content (AvgIpc) is 3.11. The second-order valence-corrected chi connectivity index (χ2v) is 6.91. The number of nitrogens with zero attached hydrogens (tertiary/aromatic N) is 1. The van der Waals surface area contributed by atoms with Gasteiger partial charge < -0.3 is 20.1 Å². The van der Waals surface area contributed by atoms with Crippen molar-refractivity contribution in [2.75, 3.05) is 6.54 Å². The molecule has 6 nitrogen and oxygen atoms in total. The summed E-state index contributed by atoms with van der Waals surface area (Å²) in [7, 11) is 0. The Morgan fingerprint density at radius 3 is 2.80 bits per heavy atom. The van der Waals surface area contributed by atoms with E-state index in [-0.39, 0.29) is 5.91 Å². The van der Waals surface area contributed by atoms with E-state index in [0.717, 1.165) is 33.8 Å². The molecule has 0 radical (unpaired) electrons. The number of ether oxygens (including phenoxy) is 1. The Labute approximate surface area is 147 Å². The van der Waals surface area contributed by atoms with Crippen LogP contribution in [0.3, 0.4) is 0 Å². The van der Waals surface area contributed by atoms with Crippen molar-refractivity contribution < 1.29 is 14.6 Å². The van der Waals surface area contributed by atoms with Crippen molar-refractivity contribution in [3.05, 3.63) is 40.5 Å². The zero-order chi connectivity index (χ0) is 18.2. The fourth-order valence-corrected chi connectivity index (χ4v) is 3.32. The van der Waals surface area contributed by atoms with Gasteiger partial charge >= 0.3 is 0 Å². The van der Waals surface area contributed by atoms with Crippen molar-refractivity contribution in [2.24, 2.45) is 0 Å². The predicted molar refractivity (Wildman–Crippen MR) is 95.0 cm³/mol. The Morgan fingerprint density at radius 2 is 2.12 bits per heavy atom. The van der Waals surface area contributed by atoms with Crippen molar-refractivity contribution in [3.8, 4) is 11.5 Å². The Morgan fingerprint density at radius 1 is 1.36 bits per heavy atom. The first kappa shape index (κ1) is 17.3. The Balaban J connectivity index is 1.75. The molecule has 6 heteroatoms. The molecular formula is C19H25N3O3. The van der Waals surface area contributed by atoms with Gasteiger partial charge in [-0.05, 0) is 50.8 Å². The first-order valence-electron chi connectivity index (χ1n) is 8.60. The quantitative estimate of drug-likeness (QED) is 0.796. The highest BCUT2D eigenvalue weighted by molar-refractivity contribution is 5.85. The minimum absolute atomic E-state index is 0.118. The molecule has 3 rings (SSSR count). The summed E-state index contributed by atoms with van der Waals surface area (Å²) in [4.78, 5) is 19.9. The Bertz CT molecular complexity index is 799. The van der Waals surface area contributed by atoms with Gasteiger partial charge in [0.25, 0.3) is 5.91 Å². The van der Waals surface area contributed by atoms with Crippen LogP contribution in [0.5, 0.6) is 11.5 Å². The zero-order valence-corrected chi connectivity index (χ0v) is 15.2. The largest absolute Gasteiger partial charge is 0.507 e. The lowest BCUT2D eigenvalue weighted by atomic mass is 9.86. The summed E-state index contributed by atoms with van der Waals surface area (Å²) >= 11 is 0. The van der Waals surface area contributed by atoms with Gasteiger partial charge in [0.1, 0.15) is 17.3 Å². The molecule has 0 bridgehead atoms. The molecule has 1 aromatic carbocycles. The number of hydrogen-bond donors (Lipinski definition) is 3. The lowest BCUT2D eigenvalue weighted by Crippen LogP contribution is -2.51. The van der Waals surface area contributed by atoms with Gasteiger partial charge in [0.15, 0.2) is 5.60 Å². The van der Waals surface area contributed by atoms with Gasteiger partial charge in [-0.1, -0.05) is 0 Å². The molecule has 0 aliphatic carbocycles. The van der Waals surface area contributed by atoms with Gasteiger partial charge in [-0.2, -0.15) is 0 Å². The molecule has 0 saturated carbocycles. The SMILES string of the molecule is Cc1c(C)c2c(c(C)c1O)CCC(C)(C(=O)NCCc1ncc[nH]1)O2. The number of aromatic hydroxyl groups is 1. The van der Waals surface area contributed by atoms with E-state index < -0.39 is 5.60 Å². The number of fused-ring (bicyclic) bond motifs is 1. The van der Waals surface area contributed by atoms with Crippen molar-refractivity contribution >= 4 is 5.91 Å². The normalized spacial score (nSPS) is 19.2. The van der Waals surface area contributed by atoms with E-state index in [0.29, 0.717) is 31.6 Å². The maximum absolute atomic E-state index is 12.7. The van der Waals surface area contributed by atoms with E-state index >= 15 is 0 Å². The van der Waals surface area contributed by atoms with Crippen LogP contribution in [-0.2, 0) is 17.6 Å². The van der Waals surface area contributed by atoms with Gasteiger partial charge in [0.2, 0.25) is 0 Å². The number of benzene rings is 1. The molecule has 1 aliphatic heterocycles. The fourth-order valence-electron chi connectivity index (χ4n) is 3.32. The minimum Gasteiger partial charge on any atom is -0.507 e. The molecule has 0 spiro atoms. The molecule has 2 heterocycles. The number of H-pyrrole nitrogens is 1. The van der Waals surface area contributed by atoms with Crippen LogP contribution < -0.4 is 10.1 Å². The molecule has 0 saturated heterocycles. The lowest BCUT2D eigenvalue weighted by Gasteiger charge is -2.36. The number of phenolic OH excluding ortho intramolecular Hbond substituents is 1. The average molecular weight is 343 g/mol. The number of rotatable bonds is 4. The van der Waals surface area contributed by atoms with Crippen molar-refractivity contribution in [1.29, 1.82) is 0 Å². The van der Waals surface area contributed by atoms with Crippen LogP contribution in [0, 0.1) is 20.8 Å². The maximum atomic E-state index is 12.7. The molecule has 25 heavy (non-hydrogen) atoms. The number of phenols is 1. The van der Waals surface area contributed by atoms with Crippen molar-refractivity contribution in [3.63, 3.8) is 0 Å². The molecule has 3 N–H and O–H groups in total. The van der Waals surface area contributed by atoms with Crippen LogP contribution in [0.25, 0.3) is 0 Å². The second-order valence-electron chi connectivity index (χ2n) is 6.91. The van der Waals surface area contributed by atoms with Gasteiger partial charge in [0.05, 0.1) is 0 Å². The van der Waals surface area contributed by atoms with E-state index in [1.807, 2.05) is 27.7 Å². The second kappa shape index (κ2) is 6.43. The third kappa shape index (κ3) is 3.08. The highest BCUT2D eigenvalue weighted by Crippen LogP contribution is 2.43. The van der Waals surface area contributed by atoms with Gasteiger partial charge in [-0.3, -0.25) is 4.79 Å². The van der Waals surface area contributed by atoms with E-state index in [9.17, 15) is 9.90 Å². The van der Waals surface area contributed by atoms with E-state index in [4.69, 9.17) is 4.74 Å². The molecule has 1 aromatic heterocycles. The highest BCUT2D eigenvalue weighted by Gasteiger charge is 2.40. The summed E-state index contributed by atoms with van der Waals surface area (Å²) in [6, 6.07) is 0. The van der Waals surface area contributed by atoms with Crippen molar-refractivity contribution in [2.45, 2.75) is 52.6 Å². The van der Waals surface area contributed by atoms with Crippen LogP contribution in [-0.4, -0.2) is 33.1 Å². The lowest BCUT2D eigenvalue weighted by molar-refractivity contribution is -0.136. The van der Waals surface area contributed by atoms with E-state index in [1.54, 1.807) is 12.4 Å². The van der Waals surface area contributed by atoms with Crippen LogP contribution in [0.1, 0.15) is 41.4 Å². The molecule has 1 atom stereocenters. The third-order valence-corrected chi connectivity index (χ3v) is 5.20. The highest BCUT2D eigenvalue weighted by atomic mass is 16.5. The summed E-state index contributed by atoms with van der Waals surface area (Å²) in [5, 5.41) is 13.2. The van der Waals surface area contributed by atoms with Gasteiger partial charge in [-0.15, -0.1) is 0 Å². The summed E-state index contributed by atoms with van der Waals surface area (Å²) in [5.41, 5.74) is 2.64. The molecule has 1 amide bonds. The van der Waals surface area contributed by atoms with Crippen LogP contribution in [0.2, 0.25) is 0 Å². The summed E-state index contributed by atoms with van der Waals surface area (Å²) in [6.45, 7) is 8.03. The standard InChI is InChI=1S/C19H25N3O3/c1-11-12(2)17-14(13(3)16(11)23)5-7-19(4,25-17)18(24)22-8-6-15-20-9-10-21-15/h9-10,23H,5-8H2,1-4H3,(H,20,21)(H,22,24). The number of carbonyl (C=O) groups excluding carboxylic acids is 1. The Kier molecular flexibility index (Phi) is 4.45. The topological polar surface area (TPSA) is 87.2 Å². The molecule has 2 aromatic rings. The van der Waals surface area contributed by atoms with E-state index in [1.165, 1.54) is 0 Å². The first-order chi connectivity index (χ1) is 11.8. The Hall–Kier alpha value is -2.50. The summed E-state index contributed by atoms with van der Waals surface area (Å²) in [5.74, 6) is 1.79. The third-order valence-electron chi connectivity index (χ3n) is 5.20. The van der Waals surface area contributed by atoms with Crippen LogP contribution in [0.4, 0.5) is 0 Å². The summed E-state index contributed by atoms with van der Waals surface area (Å²) < 4.78 is 6.17. The number of aromatic nitrogens is 2. The van der Waals surface area contributed by atoms with Gasteiger partial charge in [-0.25, -0.2) is 4.98 Å². The maximum Gasteiger partial charge on any atom is 0.263 e. The molecule has 1 unspecified atom stereocenters. The summed E-state index contributed by atoms with van der Waals surface area (Å²) in [6.07, 6.45) is 5.40. The van der Waals surface area contributed by atoms with Gasteiger partial charge in [0, 0.05) is 37.3 Å². The number of carbonyl (C=O) groups is 1. The van der Waals surface area contributed by atoms with Crippen LogP contribution in [0.15, 0.2) is 12.4 Å².